The smallest absolute Gasteiger partial charge is 0.305 e. The van der Waals surface area contributed by atoms with E-state index >= 15 is 0 Å². The number of thioether (sulfide) groups is 1. The molecule has 0 saturated carbocycles. The van der Waals surface area contributed by atoms with Gasteiger partial charge in [0.25, 0.3) is 0 Å². The number of hydrogen-bond acceptors (Lipinski definition) is 6. The van der Waals surface area contributed by atoms with Crippen molar-refractivity contribution < 1.29 is 14.0 Å². The van der Waals surface area contributed by atoms with E-state index in [9.17, 15) is 14.4 Å². The van der Waals surface area contributed by atoms with Crippen LogP contribution >= 0.6 is 23.1 Å². The Morgan fingerprint density at radius 3 is 2.56 bits per heavy atom. The Balaban J connectivity index is 1.64. The van der Waals surface area contributed by atoms with E-state index in [1.54, 1.807) is 30.5 Å². The number of hydrogen-bond donors (Lipinski definition) is 1. The van der Waals surface area contributed by atoms with Crippen LogP contribution < -0.4 is 9.77 Å². The monoisotopic (exact) mass is 398 g/mol. The van der Waals surface area contributed by atoms with Crippen LogP contribution in [0, 0.1) is 12.8 Å². The minimum absolute atomic E-state index is 0.195. The molecule has 0 bridgehead atoms. The van der Waals surface area contributed by atoms with E-state index in [4.69, 9.17) is 4.42 Å². The standard InChI is InChI=1S/C19H14N2O4S2/c1-9-4-6-10(7-5-9)21-17(22)13-12(11-3-2-8-25-11)14-16(20-19(24)27-14)26-15(13)18(21)23/h2-8,12-13,15H,1H3,(H,20,24)/t12-,13-,15+/m0/s1. The molecule has 2 aliphatic rings. The number of carbonyl (C=O) groups excluding carboxylic acids is 2. The lowest BCUT2D eigenvalue weighted by Crippen LogP contribution is -2.32. The molecule has 0 radical (unpaired) electrons. The Labute approximate surface area is 162 Å². The third-order valence-electron chi connectivity index (χ3n) is 4.97. The van der Waals surface area contributed by atoms with E-state index in [0.717, 1.165) is 21.8 Å². The first-order chi connectivity index (χ1) is 13.0. The van der Waals surface area contributed by atoms with Gasteiger partial charge in [-0.2, -0.15) is 0 Å². The van der Waals surface area contributed by atoms with Crippen molar-refractivity contribution >= 4 is 40.6 Å². The highest BCUT2D eigenvalue weighted by Gasteiger charge is 2.57. The first-order valence-corrected chi connectivity index (χ1v) is 10.1. The fourth-order valence-corrected chi connectivity index (χ4v) is 6.24. The van der Waals surface area contributed by atoms with Crippen LogP contribution in [-0.2, 0) is 9.59 Å². The molecule has 0 unspecified atom stereocenters. The molecule has 3 atom stereocenters. The van der Waals surface area contributed by atoms with Crippen molar-refractivity contribution in [1.82, 2.24) is 4.98 Å². The average Bonchev–Trinajstić information content (AvgIpc) is 3.34. The molecule has 0 spiro atoms. The fourth-order valence-electron chi connectivity index (χ4n) is 3.74. The summed E-state index contributed by atoms with van der Waals surface area (Å²) in [5.41, 5.74) is 1.62. The molecule has 27 heavy (non-hydrogen) atoms. The van der Waals surface area contributed by atoms with Gasteiger partial charge in [0.2, 0.25) is 11.8 Å². The largest absolute Gasteiger partial charge is 0.469 e. The highest BCUT2D eigenvalue weighted by atomic mass is 32.2. The van der Waals surface area contributed by atoms with Crippen LogP contribution in [0.2, 0.25) is 0 Å². The molecule has 6 nitrogen and oxygen atoms in total. The van der Waals surface area contributed by atoms with Crippen LogP contribution in [0.15, 0.2) is 56.9 Å². The Morgan fingerprint density at radius 2 is 1.85 bits per heavy atom. The van der Waals surface area contributed by atoms with Gasteiger partial charge in [0.15, 0.2) is 0 Å². The maximum absolute atomic E-state index is 13.3. The molecule has 1 saturated heterocycles. The van der Waals surface area contributed by atoms with E-state index in [-0.39, 0.29) is 16.7 Å². The maximum atomic E-state index is 13.3. The number of anilines is 1. The molecule has 136 valence electrons. The third-order valence-corrected chi connectivity index (χ3v) is 7.37. The SMILES string of the molecule is Cc1ccc(N2C(=O)[C@H]3[C@H](c4ccco4)c4sc(=O)[nH]c4S[C@H]3C2=O)cc1. The number of imide groups is 1. The van der Waals surface area contributed by atoms with Gasteiger partial charge in [-0.05, 0) is 31.2 Å². The van der Waals surface area contributed by atoms with Gasteiger partial charge in [-0.1, -0.05) is 40.8 Å². The highest BCUT2D eigenvalue weighted by molar-refractivity contribution is 8.00. The molecule has 1 aromatic carbocycles. The van der Waals surface area contributed by atoms with Crippen molar-refractivity contribution in [1.29, 1.82) is 0 Å². The van der Waals surface area contributed by atoms with Crippen molar-refractivity contribution in [3.05, 3.63) is 68.5 Å². The first kappa shape index (κ1) is 16.6. The van der Waals surface area contributed by atoms with Crippen LogP contribution in [0.25, 0.3) is 0 Å². The van der Waals surface area contributed by atoms with Gasteiger partial charge in [-0.3, -0.25) is 14.4 Å². The summed E-state index contributed by atoms with van der Waals surface area (Å²) >= 11 is 2.34. The summed E-state index contributed by atoms with van der Waals surface area (Å²) in [6.07, 6.45) is 1.54. The lowest BCUT2D eigenvalue weighted by molar-refractivity contribution is -0.122. The number of amides is 2. The van der Waals surface area contributed by atoms with Gasteiger partial charge < -0.3 is 9.40 Å². The van der Waals surface area contributed by atoms with E-state index in [0.29, 0.717) is 16.5 Å². The number of rotatable bonds is 2. The number of carbonyl (C=O) groups is 2. The van der Waals surface area contributed by atoms with E-state index in [2.05, 4.69) is 4.98 Å². The minimum atomic E-state index is -0.603. The second-order valence-electron chi connectivity index (χ2n) is 6.61. The van der Waals surface area contributed by atoms with Crippen molar-refractivity contribution in [2.75, 3.05) is 4.90 Å². The number of aromatic nitrogens is 1. The predicted molar refractivity (Wildman–Crippen MR) is 102 cm³/mol. The lowest BCUT2D eigenvalue weighted by Gasteiger charge is -2.27. The summed E-state index contributed by atoms with van der Waals surface area (Å²) in [7, 11) is 0. The van der Waals surface area contributed by atoms with Gasteiger partial charge in [0.1, 0.15) is 11.0 Å². The summed E-state index contributed by atoms with van der Waals surface area (Å²) in [6.45, 7) is 1.95. The number of furan rings is 1. The second-order valence-corrected chi connectivity index (χ2v) is 8.78. The molecule has 4 heterocycles. The quantitative estimate of drug-likeness (QED) is 0.671. The molecule has 8 heteroatoms. The van der Waals surface area contributed by atoms with Crippen LogP contribution in [0.1, 0.15) is 22.1 Å². The molecule has 3 aromatic rings. The zero-order chi connectivity index (χ0) is 18.7. The predicted octanol–water partition coefficient (Wildman–Crippen LogP) is 3.13. The summed E-state index contributed by atoms with van der Waals surface area (Å²) in [6, 6.07) is 10.9. The van der Waals surface area contributed by atoms with E-state index < -0.39 is 17.1 Å². The number of benzene rings is 1. The number of fused-ring (bicyclic) bond motifs is 2. The number of nitrogens with zero attached hydrogens (tertiary/aromatic N) is 1. The van der Waals surface area contributed by atoms with Crippen LogP contribution in [0.5, 0.6) is 0 Å². The molecule has 1 fully saturated rings. The molecular formula is C19H14N2O4S2. The summed E-state index contributed by atoms with van der Waals surface area (Å²) in [5.74, 6) is -0.970. The highest BCUT2D eigenvalue weighted by Crippen LogP contribution is 2.53. The molecule has 0 aliphatic carbocycles. The van der Waals surface area contributed by atoms with Gasteiger partial charge >= 0.3 is 4.87 Å². The van der Waals surface area contributed by atoms with Gasteiger partial charge in [-0.25, -0.2) is 4.90 Å². The average molecular weight is 398 g/mol. The van der Waals surface area contributed by atoms with Gasteiger partial charge in [0, 0.05) is 0 Å². The van der Waals surface area contributed by atoms with Crippen LogP contribution in [0.4, 0.5) is 5.69 Å². The Bertz CT molecular complexity index is 1100. The molecule has 5 rings (SSSR count). The Morgan fingerprint density at radius 1 is 1.07 bits per heavy atom. The molecule has 2 aromatic heterocycles. The third kappa shape index (κ3) is 2.44. The molecular weight excluding hydrogens is 384 g/mol. The minimum Gasteiger partial charge on any atom is -0.469 e. The Hall–Kier alpha value is -2.58. The number of nitrogens with one attached hydrogen (secondary N) is 1. The van der Waals surface area contributed by atoms with Crippen molar-refractivity contribution in [3.8, 4) is 0 Å². The van der Waals surface area contributed by atoms with E-state index in [1.165, 1.54) is 16.7 Å². The molecule has 2 amide bonds. The zero-order valence-corrected chi connectivity index (χ0v) is 15.8. The summed E-state index contributed by atoms with van der Waals surface area (Å²) in [5, 5.41) is 0.0613. The van der Waals surface area contributed by atoms with Crippen LogP contribution in [0.3, 0.4) is 0 Å². The van der Waals surface area contributed by atoms with Crippen LogP contribution in [-0.4, -0.2) is 22.0 Å². The lowest BCUT2D eigenvalue weighted by atomic mass is 9.87. The summed E-state index contributed by atoms with van der Waals surface area (Å²) < 4.78 is 5.59. The topological polar surface area (TPSA) is 83.4 Å². The number of H-pyrrole nitrogens is 1. The number of aromatic amines is 1. The fraction of sp³-hybridized carbons (Fsp3) is 0.211. The molecule has 2 aliphatic heterocycles. The maximum Gasteiger partial charge on any atom is 0.305 e. The Kier molecular flexibility index (Phi) is 3.66. The number of aryl methyl sites for hydroxylation is 1. The first-order valence-electron chi connectivity index (χ1n) is 8.42. The van der Waals surface area contributed by atoms with E-state index in [1.807, 2.05) is 19.1 Å². The van der Waals surface area contributed by atoms with Gasteiger partial charge in [0.05, 0.1) is 33.7 Å². The summed E-state index contributed by atoms with van der Waals surface area (Å²) in [4.78, 5) is 43.0. The normalized spacial score (nSPS) is 24.2. The van der Waals surface area contributed by atoms with Crippen molar-refractivity contribution in [3.63, 3.8) is 0 Å². The zero-order valence-electron chi connectivity index (χ0n) is 14.2. The molecule has 1 N–H and O–H groups in total. The van der Waals surface area contributed by atoms with Crippen molar-refractivity contribution in [2.45, 2.75) is 23.1 Å². The van der Waals surface area contributed by atoms with Gasteiger partial charge in [-0.15, -0.1) is 0 Å². The second kappa shape index (κ2) is 5.97. The van der Waals surface area contributed by atoms with Crippen molar-refractivity contribution in [2.24, 2.45) is 5.92 Å². The number of thiazole rings is 1.